The lowest BCUT2D eigenvalue weighted by atomic mass is 9.71. The van der Waals surface area contributed by atoms with Crippen molar-refractivity contribution in [1.82, 2.24) is 0 Å². The molecule has 0 aliphatic rings. The smallest absolute Gasteiger partial charge is 0.341 e. The second-order valence-electron chi connectivity index (χ2n) is 5.46. The Kier molecular flexibility index (Phi) is 4.12. The van der Waals surface area contributed by atoms with Crippen LogP contribution in [-0.4, -0.2) is 10.5 Å². The van der Waals surface area contributed by atoms with Crippen LogP contribution < -0.4 is 4.43 Å². The van der Waals surface area contributed by atoms with E-state index in [0.29, 0.717) is 0 Å². The van der Waals surface area contributed by atoms with Gasteiger partial charge >= 0.3 is 10.5 Å². The topological polar surface area (TPSA) is 9.23 Å². The number of para-hydroxylation sites is 1. The Balaban J connectivity index is 2.29. The van der Waals surface area contributed by atoms with E-state index in [9.17, 15) is 0 Å². The lowest BCUT2D eigenvalue weighted by molar-refractivity contribution is 0.575. The monoisotopic (exact) mass is 301 g/mol. The van der Waals surface area contributed by atoms with Gasteiger partial charge in [-0.3, -0.25) is 0 Å². The molecule has 3 radical (unpaired) electrons. The summed E-state index contributed by atoms with van der Waals surface area (Å²) >= 11 is 0. The van der Waals surface area contributed by atoms with E-state index in [4.69, 9.17) is 4.43 Å². The summed E-state index contributed by atoms with van der Waals surface area (Å²) in [6.07, 6.45) is 0. The first-order valence-corrected chi connectivity index (χ1v) is 7.72. The molecule has 3 rings (SSSR count). The molecule has 0 unspecified atom stereocenters. The maximum Gasteiger partial charge on any atom is 0.341 e. The average Bonchev–Trinajstić information content (AvgIpc) is 2.62. The second kappa shape index (κ2) is 6.20. The Bertz CT molecular complexity index is 698. The standard InChI is InChI=1S/C20H17OSi/c1-20(16-10-4-2-5-11-16,17-12-6-3-7-13-17)18-14-8-9-15-19(18)21-22/h2-15H,1H3. The highest BCUT2D eigenvalue weighted by Crippen LogP contribution is 2.42. The van der Waals surface area contributed by atoms with Crippen LogP contribution in [0.3, 0.4) is 0 Å². The molecule has 0 N–H and O–H groups in total. The van der Waals surface area contributed by atoms with Gasteiger partial charge in [-0.1, -0.05) is 78.9 Å². The van der Waals surface area contributed by atoms with Crippen LogP contribution in [0.15, 0.2) is 84.9 Å². The highest BCUT2D eigenvalue weighted by atomic mass is 28.2. The minimum Gasteiger partial charge on any atom is -0.540 e. The van der Waals surface area contributed by atoms with Gasteiger partial charge in [-0.05, 0) is 24.1 Å². The van der Waals surface area contributed by atoms with Crippen LogP contribution in [0, 0.1) is 0 Å². The van der Waals surface area contributed by atoms with Crippen LogP contribution in [-0.2, 0) is 5.41 Å². The molecule has 0 bridgehead atoms. The van der Waals surface area contributed by atoms with Crippen molar-refractivity contribution >= 4 is 10.5 Å². The Morgan fingerprint density at radius 1 is 0.682 bits per heavy atom. The van der Waals surface area contributed by atoms with Crippen molar-refractivity contribution in [1.29, 1.82) is 0 Å². The molecule has 0 saturated carbocycles. The molecule has 0 fully saturated rings. The molecule has 1 nitrogen and oxygen atoms in total. The number of hydrogen-bond acceptors (Lipinski definition) is 1. The summed E-state index contributed by atoms with van der Waals surface area (Å²) in [7, 11) is 3.20. The van der Waals surface area contributed by atoms with Crippen molar-refractivity contribution in [2.24, 2.45) is 0 Å². The van der Waals surface area contributed by atoms with Gasteiger partial charge in [-0.25, -0.2) is 0 Å². The van der Waals surface area contributed by atoms with Gasteiger partial charge in [0.25, 0.3) is 0 Å². The summed E-state index contributed by atoms with van der Waals surface area (Å²) in [5.74, 6) is 0.828. The largest absolute Gasteiger partial charge is 0.540 e. The fraction of sp³-hybridized carbons (Fsp3) is 0.100. The Labute approximate surface area is 135 Å². The predicted molar refractivity (Wildman–Crippen MR) is 91.3 cm³/mol. The molecule has 0 spiro atoms. The van der Waals surface area contributed by atoms with Crippen molar-refractivity contribution in [2.45, 2.75) is 12.3 Å². The van der Waals surface area contributed by atoms with Crippen LogP contribution in [0.25, 0.3) is 0 Å². The van der Waals surface area contributed by atoms with E-state index in [2.05, 4.69) is 72.0 Å². The predicted octanol–water partition coefficient (Wildman–Crippen LogP) is 4.50. The molecular formula is C20H17OSi. The fourth-order valence-electron chi connectivity index (χ4n) is 2.99. The number of hydrogen-bond donors (Lipinski definition) is 0. The molecule has 22 heavy (non-hydrogen) atoms. The molecule has 0 aliphatic carbocycles. The summed E-state index contributed by atoms with van der Waals surface area (Å²) in [6, 6.07) is 29.2. The number of benzene rings is 3. The molecule has 0 heterocycles. The van der Waals surface area contributed by atoms with E-state index >= 15 is 0 Å². The molecule has 0 amide bonds. The van der Waals surface area contributed by atoms with E-state index in [1.54, 1.807) is 0 Å². The minimum absolute atomic E-state index is 0.286. The van der Waals surface area contributed by atoms with Gasteiger partial charge in [0, 0.05) is 11.0 Å². The maximum atomic E-state index is 5.44. The van der Waals surface area contributed by atoms with Gasteiger partial charge in [-0.15, -0.1) is 0 Å². The van der Waals surface area contributed by atoms with Gasteiger partial charge < -0.3 is 4.43 Å². The Morgan fingerprint density at radius 3 is 1.64 bits per heavy atom. The summed E-state index contributed by atoms with van der Waals surface area (Å²) in [4.78, 5) is 0. The number of rotatable bonds is 4. The summed E-state index contributed by atoms with van der Waals surface area (Å²) in [6.45, 7) is 2.24. The molecular weight excluding hydrogens is 284 g/mol. The van der Waals surface area contributed by atoms with Crippen LogP contribution >= 0.6 is 0 Å². The molecule has 0 aliphatic heterocycles. The van der Waals surface area contributed by atoms with Crippen molar-refractivity contribution in [3.05, 3.63) is 102 Å². The maximum absolute atomic E-state index is 5.44. The molecule has 0 atom stereocenters. The summed E-state index contributed by atoms with van der Waals surface area (Å²) in [5, 5.41) is 0. The molecule has 0 aromatic heterocycles. The van der Waals surface area contributed by atoms with Crippen LogP contribution in [0.2, 0.25) is 0 Å². The second-order valence-corrected chi connectivity index (χ2v) is 5.66. The SMILES string of the molecule is CC(c1ccccc1)(c1ccccc1)c1ccccc1O[Si]. The van der Waals surface area contributed by atoms with Gasteiger partial charge in [0.05, 0.1) is 0 Å². The van der Waals surface area contributed by atoms with Gasteiger partial charge in [0.15, 0.2) is 0 Å². The lowest BCUT2D eigenvalue weighted by Gasteiger charge is -2.33. The van der Waals surface area contributed by atoms with Crippen molar-refractivity contribution in [3.8, 4) is 5.75 Å². The minimum atomic E-state index is -0.286. The zero-order valence-corrected chi connectivity index (χ0v) is 13.5. The van der Waals surface area contributed by atoms with Crippen molar-refractivity contribution in [2.75, 3.05) is 0 Å². The normalized spacial score (nSPS) is 11.2. The fourth-order valence-corrected chi connectivity index (χ4v) is 3.17. The zero-order valence-electron chi connectivity index (χ0n) is 12.5. The molecule has 3 aromatic rings. The van der Waals surface area contributed by atoms with Crippen LogP contribution in [0.1, 0.15) is 23.6 Å². The highest BCUT2D eigenvalue weighted by molar-refractivity contribution is 6.00. The van der Waals surface area contributed by atoms with Crippen molar-refractivity contribution < 1.29 is 4.43 Å². The van der Waals surface area contributed by atoms with Gasteiger partial charge in [0.2, 0.25) is 0 Å². The van der Waals surface area contributed by atoms with E-state index in [1.165, 1.54) is 11.1 Å². The third kappa shape index (κ3) is 2.46. The lowest BCUT2D eigenvalue weighted by Crippen LogP contribution is -2.26. The highest BCUT2D eigenvalue weighted by Gasteiger charge is 2.33. The average molecular weight is 301 g/mol. The summed E-state index contributed by atoms with van der Waals surface area (Å²) in [5.41, 5.74) is 3.31. The zero-order chi connectivity index (χ0) is 15.4. The first-order valence-electron chi connectivity index (χ1n) is 7.31. The molecule has 2 heteroatoms. The van der Waals surface area contributed by atoms with Gasteiger partial charge in [-0.2, -0.15) is 0 Å². The third-order valence-corrected chi connectivity index (χ3v) is 4.46. The Hall–Kier alpha value is -2.32. The van der Waals surface area contributed by atoms with E-state index < -0.39 is 0 Å². The molecule has 3 aromatic carbocycles. The summed E-state index contributed by atoms with van der Waals surface area (Å²) < 4.78 is 5.44. The quantitative estimate of drug-likeness (QED) is 0.509. The molecule has 107 valence electrons. The van der Waals surface area contributed by atoms with E-state index in [-0.39, 0.29) is 5.41 Å². The van der Waals surface area contributed by atoms with Crippen LogP contribution in [0.4, 0.5) is 0 Å². The Morgan fingerprint density at radius 2 is 1.14 bits per heavy atom. The van der Waals surface area contributed by atoms with Crippen LogP contribution in [0.5, 0.6) is 5.75 Å². The first kappa shape index (κ1) is 14.6. The third-order valence-electron chi connectivity index (χ3n) is 4.24. The van der Waals surface area contributed by atoms with E-state index in [1.807, 2.05) is 30.3 Å². The van der Waals surface area contributed by atoms with E-state index in [0.717, 1.165) is 11.3 Å². The van der Waals surface area contributed by atoms with Crippen molar-refractivity contribution in [3.63, 3.8) is 0 Å². The molecule has 0 saturated heterocycles. The van der Waals surface area contributed by atoms with Gasteiger partial charge in [0.1, 0.15) is 5.75 Å². The first-order chi connectivity index (χ1) is 10.8.